The number of anilines is 1. The van der Waals surface area contributed by atoms with Gasteiger partial charge in [-0.3, -0.25) is 14.9 Å². The molecule has 1 rings (SSSR count). The van der Waals surface area contributed by atoms with Gasteiger partial charge in [0.1, 0.15) is 0 Å². The molecular weight excluding hydrogens is 262 g/mol. The van der Waals surface area contributed by atoms with Crippen molar-refractivity contribution in [2.75, 3.05) is 11.9 Å². The van der Waals surface area contributed by atoms with Crippen LogP contribution in [0.5, 0.6) is 0 Å². The number of carboxylic acids is 1. The lowest BCUT2D eigenvalue weighted by Gasteiger charge is -2.15. The second kappa shape index (κ2) is 6.83. The minimum absolute atomic E-state index is 0.110. The molecule has 0 radical (unpaired) electrons. The van der Waals surface area contributed by atoms with Crippen LogP contribution in [0.4, 0.5) is 11.5 Å². The quantitative estimate of drug-likeness (QED) is 0.587. The molecule has 1 heterocycles. The Kier molecular flexibility index (Phi) is 5.42. The maximum atomic E-state index is 11.1. The number of rotatable bonds is 7. The van der Waals surface area contributed by atoms with E-state index in [0.29, 0.717) is 12.0 Å². The first-order valence-electron chi connectivity index (χ1n) is 6.39. The lowest BCUT2D eigenvalue weighted by atomic mass is 9.97. The number of nitrogens with one attached hydrogen (secondary N) is 1. The molecule has 7 nitrogen and oxygen atoms in total. The molecule has 0 saturated heterocycles. The van der Waals surface area contributed by atoms with E-state index >= 15 is 0 Å². The Hall–Kier alpha value is -2.18. The molecular formula is C13H19N3O4. The fraction of sp³-hybridized carbons (Fsp3) is 0.538. The van der Waals surface area contributed by atoms with Crippen molar-refractivity contribution >= 4 is 17.5 Å². The Morgan fingerprint density at radius 3 is 2.70 bits per heavy atom. The van der Waals surface area contributed by atoms with Crippen molar-refractivity contribution in [2.45, 2.75) is 27.2 Å². The highest BCUT2D eigenvalue weighted by atomic mass is 16.6. The van der Waals surface area contributed by atoms with E-state index in [1.165, 1.54) is 6.20 Å². The van der Waals surface area contributed by atoms with Gasteiger partial charge < -0.3 is 10.4 Å². The average Bonchev–Trinajstić information content (AvgIpc) is 2.33. The molecule has 1 unspecified atom stereocenters. The highest BCUT2D eigenvalue weighted by Gasteiger charge is 2.22. The van der Waals surface area contributed by atoms with E-state index in [1.54, 1.807) is 13.0 Å². The summed E-state index contributed by atoms with van der Waals surface area (Å²) < 4.78 is 0. The highest BCUT2D eigenvalue weighted by molar-refractivity contribution is 5.71. The number of hydrogen-bond acceptors (Lipinski definition) is 5. The molecule has 1 aromatic heterocycles. The normalized spacial score (nSPS) is 12.2. The molecule has 2 N–H and O–H groups in total. The predicted octanol–water partition coefficient (Wildman–Crippen LogP) is 2.46. The van der Waals surface area contributed by atoms with Crippen molar-refractivity contribution in [1.82, 2.24) is 4.98 Å². The summed E-state index contributed by atoms with van der Waals surface area (Å²) in [6, 6.07) is 1.55. The minimum atomic E-state index is -0.915. The maximum Gasteiger partial charge on any atom is 0.314 e. The van der Waals surface area contributed by atoms with E-state index in [4.69, 9.17) is 5.11 Å². The Morgan fingerprint density at radius 1 is 1.55 bits per heavy atom. The number of pyridine rings is 1. The summed E-state index contributed by atoms with van der Waals surface area (Å²) in [5.41, 5.74) is 0.379. The van der Waals surface area contributed by atoms with Crippen LogP contribution in [0, 0.1) is 28.9 Å². The number of carboxylic acid groups (broad SMARTS) is 1. The fourth-order valence-corrected chi connectivity index (χ4v) is 1.97. The first-order valence-corrected chi connectivity index (χ1v) is 6.39. The number of hydrogen-bond donors (Lipinski definition) is 2. The van der Waals surface area contributed by atoms with Gasteiger partial charge in [0.25, 0.3) is 0 Å². The van der Waals surface area contributed by atoms with Crippen LogP contribution in [-0.4, -0.2) is 27.5 Å². The molecule has 0 aromatic carbocycles. The second-order valence-electron chi connectivity index (χ2n) is 5.13. The predicted molar refractivity (Wildman–Crippen MR) is 74.7 cm³/mol. The van der Waals surface area contributed by atoms with Gasteiger partial charge in [-0.25, -0.2) is 4.98 Å². The molecule has 0 aliphatic heterocycles. The van der Waals surface area contributed by atoms with E-state index < -0.39 is 16.8 Å². The summed E-state index contributed by atoms with van der Waals surface area (Å²) in [5, 5.41) is 22.9. The Bertz CT molecular complexity index is 502. The third-order valence-electron chi connectivity index (χ3n) is 2.93. The van der Waals surface area contributed by atoms with Crippen molar-refractivity contribution in [3.05, 3.63) is 27.9 Å². The lowest BCUT2D eigenvalue weighted by molar-refractivity contribution is -0.384. The van der Waals surface area contributed by atoms with Gasteiger partial charge in [0.05, 0.1) is 10.8 Å². The number of nitro groups is 1. The van der Waals surface area contributed by atoms with Gasteiger partial charge in [0.2, 0.25) is 5.82 Å². The van der Waals surface area contributed by atoms with Gasteiger partial charge in [0.15, 0.2) is 0 Å². The van der Waals surface area contributed by atoms with Gasteiger partial charge in [-0.15, -0.1) is 0 Å². The van der Waals surface area contributed by atoms with Crippen molar-refractivity contribution in [1.29, 1.82) is 0 Å². The van der Waals surface area contributed by atoms with Crippen molar-refractivity contribution in [3.8, 4) is 0 Å². The molecule has 0 saturated carbocycles. The van der Waals surface area contributed by atoms with Crippen molar-refractivity contribution in [3.63, 3.8) is 0 Å². The lowest BCUT2D eigenvalue weighted by Crippen LogP contribution is -2.25. The molecule has 0 amide bonds. The zero-order valence-electron chi connectivity index (χ0n) is 11.8. The average molecular weight is 281 g/mol. The Balaban J connectivity index is 2.85. The van der Waals surface area contributed by atoms with Crippen LogP contribution in [0.15, 0.2) is 12.3 Å². The van der Waals surface area contributed by atoms with Crippen molar-refractivity contribution in [2.24, 2.45) is 11.8 Å². The van der Waals surface area contributed by atoms with Gasteiger partial charge in [-0.2, -0.15) is 0 Å². The molecule has 110 valence electrons. The smallest absolute Gasteiger partial charge is 0.314 e. The molecule has 0 aliphatic carbocycles. The van der Waals surface area contributed by atoms with Gasteiger partial charge in [-0.05, 0) is 25.3 Å². The van der Waals surface area contributed by atoms with Crippen LogP contribution in [0.25, 0.3) is 0 Å². The van der Waals surface area contributed by atoms with Crippen LogP contribution in [0.3, 0.4) is 0 Å². The van der Waals surface area contributed by atoms with E-state index in [1.807, 2.05) is 13.8 Å². The van der Waals surface area contributed by atoms with Crippen LogP contribution < -0.4 is 5.32 Å². The summed E-state index contributed by atoms with van der Waals surface area (Å²) in [6.07, 6.45) is 1.96. The van der Waals surface area contributed by atoms with Crippen LogP contribution in [0.2, 0.25) is 0 Å². The summed E-state index contributed by atoms with van der Waals surface area (Å²) in [7, 11) is 0. The van der Waals surface area contributed by atoms with E-state index in [9.17, 15) is 14.9 Å². The number of aliphatic carboxylic acids is 1. The van der Waals surface area contributed by atoms with E-state index in [0.717, 1.165) is 0 Å². The molecule has 1 aromatic rings. The third kappa shape index (κ3) is 4.18. The molecule has 0 fully saturated rings. The van der Waals surface area contributed by atoms with Gasteiger partial charge in [-0.1, -0.05) is 13.8 Å². The SMILES string of the molecule is Cc1ccnc(NCC(CC(C)C)C(=O)O)c1[N+](=O)[O-]. The number of carbonyl (C=O) groups is 1. The zero-order valence-corrected chi connectivity index (χ0v) is 11.8. The van der Waals surface area contributed by atoms with E-state index in [-0.39, 0.29) is 24.0 Å². The summed E-state index contributed by atoms with van der Waals surface area (Å²) in [6.45, 7) is 5.60. The van der Waals surface area contributed by atoms with Crippen LogP contribution in [0.1, 0.15) is 25.8 Å². The monoisotopic (exact) mass is 281 g/mol. The summed E-state index contributed by atoms with van der Waals surface area (Å²) in [4.78, 5) is 25.6. The molecule has 1 atom stereocenters. The summed E-state index contributed by atoms with van der Waals surface area (Å²) >= 11 is 0. The first-order chi connectivity index (χ1) is 9.32. The zero-order chi connectivity index (χ0) is 15.3. The minimum Gasteiger partial charge on any atom is -0.481 e. The number of nitrogens with zero attached hydrogens (tertiary/aromatic N) is 2. The third-order valence-corrected chi connectivity index (χ3v) is 2.93. The maximum absolute atomic E-state index is 11.1. The van der Waals surface area contributed by atoms with Gasteiger partial charge in [0, 0.05) is 18.3 Å². The number of aromatic nitrogens is 1. The Morgan fingerprint density at radius 2 is 2.20 bits per heavy atom. The largest absolute Gasteiger partial charge is 0.481 e. The second-order valence-corrected chi connectivity index (χ2v) is 5.13. The first kappa shape index (κ1) is 15.9. The standard InChI is InChI=1S/C13H19N3O4/c1-8(2)6-10(13(17)18)7-15-12-11(16(19)20)9(3)4-5-14-12/h4-5,8,10H,6-7H2,1-3H3,(H,14,15)(H,17,18). The van der Waals surface area contributed by atoms with Crippen LogP contribution >= 0.6 is 0 Å². The molecule has 0 aliphatic rings. The van der Waals surface area contributed by atoms with Crippen LogP contribution in [-0.2, 0) is 4.79 Å². The number of aryl methyl sites for hydroxylation is 1. The Labute approximate surface area is 117 Å². The molecule has 20 heavy (non-hydrogen) atoms. The van der Waals surface area contributed by atoms with Gasteiger partial charge >= 0.3 is 11.7 Å². The molecule has 0 bridgehead atoms. The fourth-order valence-electron chi connectivity index (χ4n) is 1.97. The summed E-state index contributed by atoms with van der Waals surface area (Å²) in [5.74, 6) is -1.17. The van der Waals surface area contributed by atoms with Crippen molar-refractivity contribution < 1.29 is 14.8 Å². The molecule has 0 spiro atoms. The molecule has 7 heteroatoms. The topological polar surface area (TPSA) is 105 Å². The van der Waals surface area contributed by atoms with E-state index in [2.05, 4.69) is 10.3 Å². The highest BCUT2D eigenvalue weighted by Crippen LogP contribution is 2.26.